The maximum absolute atomic E-state index is 3.52. The molecule has 0 radical (unpaired) electrons. The summed E-state index contributed by atoms with van der Waals surface area (Å²) in [5, 5.41) is 3.52. The molecule has 0 aromatic carbocycles. The van der Waals surface area contributed by atoms with E-state index in [1.54, 1.807) is 0 Å². The summed E-state index contributed by atoms with van der Waals surface area (Å²) in [7, 11) is 4.37. The lowest BCUT2D eigenvalue weighted by atomic mass is 9.94. The van der Waals surface area contributed by atoms with E-state index in [0.717, 1.165) is 5.92 Å². The molecule has 2 nitrogen and oxygen atoms in total. The molecular formula is C14H30N2. The van der Waals surface area contributed by atoms with Crippen molar-refractivity contribution in [1.82, 2.24) is 10.2 Å². The van der Waals surface area contributed by atoms with Crippen LogP contribution in [0.2, 0.25) is 0 Å². The van der Waals surface area contributed by atoms with Crippen molar-refractivity contribution in [2.45, 2.75) is 52.5 Å². The molecule has 1 aliphatic rings. The Labute approximate surface area is 102 Å². The third-order valence-corrected chi connectivity index (χ3v) is 3.59. The molecule has 0 aromatic rings. The Bertz CT molecular complexity index is 189. The lowest BCUT2D eigenvalue weighted by Crippen LogP contribution is -2.44. The Morgan fingerprint density at radius 3 is 2.25 bits per heavy atom. The lowest BCUT2D eigenvalue weighted by molar-refractivity contribution is 0.189. The van der Waals surface area contributed by atoms with E-state index in [4.69, 9.17) is 0 Å². The first-order chi connectivity index (χ1) is 7.42. The lowest BCUT2D eigenvalue weighted by Gasteiger charge is -2.32. The Kier molecular flexibility index (Phi) is 5.26. The van der Waals surface area contributed by atoms with Gasteiger partial charge in [-0.15, -0.1) is 0 Å². The van der Waals surface area contributed by atoms with Gasteiger partial charge in [-0.05, 0) is 38.3 Å². The highest BCUT2D eigenvalue weighted by Crippen LogP contribution is 2.28. The van der Waals surface area contributed by atoms with Crippen LogP contribution in [0.3, 0.4) is 0 Å². The van der Waals surface area contributed by atoms with Crippen molar-refractivity contribution in [2.75, 3.05) is 27.2 Å². The number of rotatable bonds is 5. The Hall–Kier alpha value is -0.0800. The number of nitrogens with zero attached hydrogens (tertiary/aromatic N) is 1. The molecule has 1 saturated carbocycles. The maximum Gasteiger partial charge on any atom is 0.0220 e. The SMILES string of the molecule is CNC(CN(C)CC(C)(C)C)C1CCCC1. The molecule has 1 fully saturated rings. The molecule has 0 saturated heterocycles. The standard InChI is InChI=1S/C14H30N2/c1-14(2,3)11-16(5)10-13(15-4)12-8-6-7-9-12/h12-13,15H,6-11H2,1-5H3. The van der Waals surface area contributed by atoms with Gasteiger partial charge in [-0.1, -0.05) is 33.6 Å². The van der Waals surface area contributed by atoms with Gasteiger partial charge in [-0.25, -0.2) is 0 Å². The average Bonchev–Trinajstić information content (AvgIpc) is 2.63. The summed E-state index contributed by atoms with van der Waals surface area (Å²) in [6, 6.07) is 0.690. The first-order valence-corrected chi connectivity index (χ1v) is 6.78. The number of hydrogen-bond acceptors (Lipinski definition) is 2. The molecule has 0 spiro atoms. The summed E-state index contributed by atoms with van der Waals surface area (Å²) in [6.45, 7) is 9.31. The first kappa shape index (κ1) is 14.0. The van der Waals surface area contributed by atoms with Gasteiger partial charge in [0.15, 0.2) is 0 Å². The Balaban J connectivity index is 2.37. The molecule has 0 aliphatic heterocycles. The summed E-state index contributed by atoms with van der Waals surface area (Å²) >= 11 is 0. The highest BCUT2D eigenvalue weighted by molar-refractivity contribution is 4.82. The zero-order valence-electron chi connectivity index (χ0n) is 11.8. The third kappa shape index (κ3) is 4.84. The highest BCUT2D eigenvalue weighted by Gasteiger charge is 2.25. The van der Waals surface area contributed by atoms with Crippen molar-refractivity contribution >= 4 is 0 Å². The van der Waals surface area contributed by atoms with Crippen LogP contribution in [0.4, 0.5) is 0 Å². The summed E-state index contributed by atoms with van der Waals surface area (Å²) < 4.78 is 0. The fraction of sp³-hybridized carbons (Fsp3) is 1.00. The molecule has 96 valence electrons. The van der Waals surface area contributed by atoms with Crippen LogP contribution in [0.5, 0.6) is 0 Å². The molecular weight excluding hydrogens is 196 g/mol. The van der Waals surface area contributed by atoms with E-state index in [1.807, 2.05) is 0 Å². The minimum Gasteiger partial charge on any atom is -0.315 e. The van der Waals surface area contributed by atoms with E-state index in [1.165, 1.54) is 38.8 Å². The number of hydrogen-bond donors (Lipinski definition) is 1. The summed E-state index contributed by atoms with van der Waals surface area (Å²) in [5.74, 6) is 0.910. The zero-order chi connectivity index (χ0) is 12.2. The Morgan fingerprint density at radius 1 is 1.25 bits per heavy atom. The van der Waals surface area contributed by atoms with Gasteiger partial charge < -0.3 is 10.2 Å². The van der Waals surface area contributed by atoms with Crippen molar-refractivity contribution < 1.29 is 0 Å². The second-order valence-electron chi connectivity index (χ2n) is 6.70. The van der Waals surface area contributed by atoms with Crippen LogP contribution in [0, 0.1) is 11.3 Å². The van der Waals surface area contributed by atoms with Gasteiger partial charge >= 0.3 is 0 Å². The van der Waals surface area contributed by atoms with E-state index < -0.39 is 0 Å². The second-order valence-corrected chi connectivity index (χ2v) is 6.70. The fourth-order valence-corrected chi connectivity index (χ4v) is 3.05. The highest BCUT2D eigenvalue weighted by atomic mass is 15.1. The van der Waals surface area contributed by atoms with Gasteiger partial charge in [0.05, 0.1) is 0 Å². The normalized spacial score (nSPS) is 20.6. The topological polar surface area (TPSA) is 15.3 Å². The third-order valence-electron chi connectivity index (χ3n) is 3.59. The van der Waals surface area contributed by atoms with Crippen LogP contribution in [0.1, 0.15) is 46.5 Å². The van der Waals surface area contributed by atoms with Crippen LogP contribution in [-0.4, -0.2) is 38.1 Å². The molecule has 16 heavy (non-hydrogen) atoms. The smallest absolute Gasteiger partial charge is 0.0220 e. The first-order valence-electron chi connectivity index (χ1n) is 6.78. The predicted molar refractivity (Wildman–Crippen MR) is 71.8 cm³/mol. The van der Waals surface area contributed by atoms with Crippen molar-refractivity contribution in [3.8, 4) is 0 Å². The fourth-order valence-electron chi connectivity index (χ4n) is 3.05. The number of likely N-dealkylation sites (N-methyl/N-ethyl adjacent to an activating group) is 2. The van der Waals surface area contributed by atoms with Crippen LogP contribution in [0.25, 0.3) is 0 Å². The molecule has 0 heterocycles. The molecule has 1 unspecified atom stereocenters. The summed E-state index contributed by atoms with van der Waals surface area (Å²) in [4.78, 5) is 2.49. The van der Waals surface area contributed by atoms with Gasteiger partial charge in [-0.3, -0.25) is 0 Å². The largest absolute Gasteiger partial charge is 0.315 e. The molecule has 1 N–H and O–H groups in total. The maximum atomic E-state index is 3.52. The van der Waals surface area contributed by atoms with Crippen LogP contribution >= 0.6 is 0 Å². The summed E-state index contributed by atoms with van der Waals surface area (Å²) in [5.41, 5.74) is 0.405. The average molecular weight is 226 g/mol. The van der Waals surface area contributed by atoms with E-state index >= 15 is 0 Å². The predicted octanol–water partition coefficient (Wildman–Crippen LogP) is 2.74. The van der Waals surface area contributed by atoms with Crippen LogP contribution < -0.4 is 5.32 Å². The molecule has 1 rings (SSSR count). The molecule has 0 amide bonds. The molecule has 0 bridgehead atoms. The van der Waals surface area contributed by atoms with Gasteiger partial charge in [-0.2, -0.15) is 0 Å². The van der Waals surface area contributed by atoms with Crippen molar-refractivity contribution in [2.24, 2.45) is 11.3 Å². The number of nitrogens with one attached hydrogen (secondary N) is 1. The zero-order valence-corrected chi connectivity index (χ0v) is 11.8. The van der Waals surface area contributed by atoms with Crippen LogP contribution in [0.15, 0.2) is 0 Å². The second kappa shape index (κ2) is 6.02. The monoisotopic (exact) mass is 226 g/mol. The molecule has 1 aliphatic carbocycles. The van der Waals surface area contributed by atoms with Gasteiger partial charge in [0.2, 0.25) is 0 Å². The van der Waals surface area contributed by atoms with Crippen molar-refractivity contribution in [1.29, 1.82) is 0 Å². The molecule has 1 atom stereocenters. The van der Waals surface area contributed by atoms with Gasteiger partial charge in [0, 0.05) is 19.1 Å². The minimum absolute atomic E-state index is 0.405. The van der Waals surface area contributed by atoms with E-state index in [0.29, 0.717) is 11.5 Å². The quantitative estimate of drug-likeness (QED) is 0.775. The molecule has 0 aromatic heterocycles. The minimum atomic E-state index is 0.405. The summed E-state index contributed by atoms with van der Waals surface area (Å²) in [6.07, 6.45) is 5.72. The van der Waals surface area contributed by atoms with E-state index in [-0.39, 0.29) is 0 Å². The van der Waals surface area contributed by atoms with Crippen molar-refractivity contribution in [3.05, 3.63) is 0 Å². The van der Waals surface area contributed by atoms with Crippen molar-refractivity contribution in [3.63, 3.8) is 0 Å². The van der Waals surface area contributed by atoms with Gasteiger partial charge in [0.25, 0.3) is 0 Å². The van der Waals surface area contributed by atoms with Crippen LogP contribution in [-0.2, 0) is 0 Å². The van der Waals surface area contributed by atoms with E-state index in [9.17, 15) is 0 Å². The van der Waals surface area contributed by atoms with E-state index in [2.05, 4.69) is 45.1 Å². The van der Waals surface area contributed by atoms with Gasteiger partial charge in [0.1, 0.15) is 0 Å². The Morgan fingerprint density at radius 2 is 1.81 bits per heavy atom. The molecule has 2 heteroatoms.